The molecule has 0 spiro atoms. The van der Waals surface area contributed by atoms with Crippen molar-refractivity contribution in [1.29, 1.82) is 0 Å². The van der Waals surface area contributed by atoms with Gasteiger partial charge in [-0.15, -0.1) is 0 Å². The molecular formula is C10H8Br2. The average molecular weight is 288 g/mol. The number of hydrogen-bond acceptors (Lipinski definition) is 0. The molecule has 0 nitrogen and oxygen atoms in total. The van der Waals surface area contributed by atoms with Gasteiger partial charge >= 0.3 is 0 Å². The minimum absolute atomic E-state index is 0.575. The predicted octanol–water partition coefficient (Wildman–Crippen LogP) is 4.06. The Balaban J connectivity index is 2.35. The second kappa shape index (κ2) is 3.35. The van der Waals surface area contributed by atoms with Crippen molar-refractivity contribution >= 4 is 31.9 Å². The van der Waals surface area contributed by atoms with Crippen molar-refractivity contribution in [3.8, 4) is 0 Å². The third-order valence-electron chi connectivity index (χ3n) is 2.09. The van der Waals surface area contributed by atoms with Crippen molar-refractivity contribution in [3.63, 3.8) is 0 Å². The average Bonchev–Trinajstić information content (AvgIpc) is 2.05. The van der Waals surface area contributed by atoms with Gasteiger partial charge in [0.15, 0.2) is 0 Å². The first-order chi connectivity index (χ1) is 5.75. The number of allylic oxidation sites excluding steroid dienone is 8. The second-order valence-corrected chi connectivity index (χ2v) is 4.91. The molecule has 2 rings (SSSR count). The topological polar surface area (TPSA) is 0 Å². The molecule has 0 heterocycles. The molecule has 0 aliphatic heterocycles. The summed E-state index contributed by atoms with van der Waals surface area (Å²) in [6.45, 7) is 0. The molecular weight excluding hydrogens is 280 g/mol. The van der Waals surface area contributed by atoms with E-state index < -0.39 is 0 Å². The molecule has 0 amide bonds. The zero-order valence-electron chi connectivity index (χ0n) is 6.43. The smallest absolute Gasteiger partial charge is 0.0175 e. The molecule has 1 atom stereocenters. The van der Waals surface area contributed by atoms with Crippen LogP contribution in [-0.4, -0.2) is 0 Å². The molecule has 0 aromatic carbocycles. The maximum absolute atomic E-state index is 3.52. The first-order valence-electron chi connectivity index (χ1n) is 3.87. The maximum Gasteiger partial charge on any atom is 0.0175 e. The van der Waals surface area contributed by atoms with E-state index in [1.165, 1.54) is 10.1 Å². The fraction of sp³-hybridized carbons (Fsp3) is 0.200. The van der Waals surface area contributed by atoms with Crippen LogP contribution in [0, 0.1) is 5.92 Å². The van der Waals surface area contributed by atoms with Gasteiger partial charge < -0.3 is 0 Å². The van der Waals surface area contributed by atoms with E-state index >= 15 is 0 Å². The monoisotopic (exact) mass is 286 g/mol. The van der Waals surface area contributed by atoms with E-state index in [1.54, 1.807) is 0 Å². The minimum Gasteiger partial charge on any atom is -0.0755 e. The molecule has 0 aromatic rings. The molecule has 0 fully saturated rings. The quantitative estimate of drug-likeness (QED) is 0.630. The summed E-state index contributed by atoms with van der Waals surface area (Å²) < 4.78 is 2.45. The Labute approximate surface area is 89.0 Å². The van der Waals surface area contributed by atoms with Crippen LogP contribution in [-0.2, 0) is 0 Å². The standard InChI is InChI=1S/C10H8Br2/c11-9-3-1-7-5-10(12)4-2-8(7)6-9/h1-5,8H,6H2. The van der Waals surface area contributed by atoms with E-state index in [0.717, 1.165) is 10.9 Å². The van der Waals surface area contributed by atoms with Crippen LogP contribution in [0.1, 0.15) is 6.42 Å². The Hall–Kier alpha value is -0.0800. The lowest BCUT2D eigenvalue weighted by Gasteiger charge is -2.20. The van der Waals surface area contributed by atoms with E-state index in [4.69, 9.17) is 0 Å². The Morgan fingerprint density at radius 3 is 2.92 bits per heavy atom. The van der Waals surface area contributed by atoms with Crippen molar-refractivity contribution in [2.45, 2.75) is 6.42 Å². The van der Waals surface area contributed by atoms with E-state index in [2.05, 4.69) is 62.2 Å². The van der Waals surface area contributed by atoms with E-state index in [9.17, 15) is 0 Å². The Morgan fingerprint density at radius 1 is 1.25 bits per heavy atom. The molecule has 12 heavy (non-hydrogen) atoms. The summed E-state index contributed by atoms with van der Waals surface area (Å²) in [5.41, 5.74) is 1.40. The van der Waals surface area contributed by atoms with Gasteiger partial charge in [0.1, 0.15) is 0 Å². The molecule has 0 saturated carbocycles. The van der Waals surface area contributed by atoms with Crippen LogP contribution in [0.5, 0.6) is 0 Å². The van der Waals surface area contributed by atoms with Crippen LogP contribution >= 0.6 is 31.9 Å². The molecule has 0 bridgehead atoms. The molecule has 0 saturated heterocycles. The number of fused-ring (bicyclic) bond motifs is 1. The first kappa shape index (κ1) is 8.52. The van der Waals surface area contributed by atoms with Gasteiger partial charge in [-0.1, -0.05) is 56.2 Å². The third-order valence-corrected chi connectivity index (χ3v) is 3.17. The van der Waals surface area contributed by atoms with Crippen molar-refractivity contribution in [1.82, 2.24) is 0 Å². The fourth-order valence-corrected chi connectivity index (χ4v) is 2.35. The summed E-state index contributed by atoms with van der Waals surface area (Å²) in [4.78, 5) is 0. The van der Waals surface area contributed by atoms with Gasteiger partial charge in [-0.25, -0.2) is 0 Å². The van der Waals surface area contributed by atoms with Crippen LogP contribution in [0.15, 0.2) is 44.9 Å². The summed E-state index contributed by atoms with van der Waals surface area (Å²) in [6.07, 6.45) is 11.9. The van der Waals surface area contributed by atoms with Gasteiger partial charge in [-0.05, 0) is 22.6 Å². The molecule has 0 radical (unpaired) electrons. The summed E-state index contributed by atoms with van der Waals surface area (Å²) in [6, 6.07) is 0. The van der Waals surface area contributed by atoms with E-state index in [-0.39, 0.29) is 0 Å². The molecule has 2 aliphatic carbocycles. The van der Waals surface area contributed by atoms with Crippen LogP contribution in [0.4, 0.5) is 0 Å². The Bertz CT molecular complexity index is 319. The van der Waals surface area contributed by atoms with E-state index in [1.807, 2.05) is 0 Å². The highest BCUT2D eigenvalue weighted by Gasteiger charge is 2.16. The van der Waals surface area contributed by atoms with Crippen LogP contribution in [0.2, 0.25) is 0 Å². The van der Waals surface area contributed by atoms with Crippen molar-refractivity contribution in [2.75, 3.05) is 0 Å². The van der Waals surface area contributed by atoms with Crippen LogP contribution in [0.25, 0.3) is 0 Å². The minimum atomic E-state index is 0.575. The van der Waals surface area contributed by atoms with Gasteiger partial charge in [0.25, 0.3) is 0 Å². The molecule has 1 unspecified atom stereocenters. The lowest BCUT2D eigenvalue weighted by atomic mass is 9.88. The zero-order chi connectivity index (χ0) is 8.55. The van der Waals surface area contributed by atoms with Crippen molar-refractivity contribution < 1.29 is 0 Å². The lowest BCUT2D eigenvalue weighted by molar-refractivity contribution is 0.773. The highest BCUT2D eigenvalue weighted by molar-refractivity contribution is 9.12. The summed E-state index contributed by atoms with van der Waals surface area (Å²) in [5.74, 6) is 0.575. The highest BCUT2D eigenvalue weighted by Crippen LogP contribution is 2.34. The zero-order valence-corrected chi connectivity index (χ0v) is 9.60. The Kier molecular flexibility index (Phi) is 2.37. The van der Waals surface area contributed by atoms with Crippen LogP contribution < -0.4 is 0 Å². The second-order valence-electron chi connectivity index (χ2n) is 2.98. The van der Waals surface area contributed by atoms with Gasteiger partial charge in [-0.2, -0.15) is 0 Å². The molecule has 0 N–H and O–H groups in total. The molecule has 2 heteroatoms. The predicted molar refractivity (Wildman–Crippen MR) is 59.4 cm³/mol. The van der Waals surface area contributed by atoms with Crippen molar-refractivity contribution in [3.05, 3.63) is 44.9 Å². The van der Waals surface area contributed by atoms with Crippen molar-refractivity contribution in [2.24, 2.45) is 5.92 Å². The molecule has 2 aliphatic rings. The summed E-state index contributed by atoms with van der Waals surface area (Å²) in [5, 5.41) is 0. The Morgan fingerprint density at radius 2 is 2.08 bits per heavy atom. The normalized spacial score (nSPS) is 27.2. The third kappa shape index (κ3) is 1.64. The SMILES string of the molecule is BrC1=CC2=CC=C(Br)CC2C=C1. The summed E-state index contributed by atoms with van der Waals surface area (Å²) >= 11 is 6.98. The number of hydrogen-bond donors (Lipinski definition) is 0. The summed E-state index contributed by atoms with van der Waals surface area (Å²) in [7, 11) is 0. The maximum atomic E-state index is 3.52. The molecule has 0 aromatic heterocycles. The van der Waals surface area contributed by atoms with Gasteiger partial charge in [0, 0.05) is 10.4 Å². The molecule has 62 valence electrons. The highest BCUT2D eigenvalue weighted by atomic mass is 79.9. The fourth-order valence-electron chi connectivity index (χ4n) is 1.46. The van der Waals surface area contributed by atoms with Gasteiger partial charge in [0.2, 0.25) is 0 Å². The number of rotatable bonds is 0. The largest absolute Gasteiger partial charge is 0.0755 e. The van der Waals surface area contributed by atoms with Crippen LogP contribution in [0.3, 0.4) is 0 Å². The number of halogens is 2. The first-order valence-corrected chi connectivity index (χ1v) is 5.46. The van der Waals surface area contributed by atoms with Gasteiger partial charge in [0.05, 0.1) is 0 Å². The van der Waals surface area contributed by atoms with E-state index in [0.29, 0.717) is 5.92 Å². The lowest BCUT2D eigenvalue weighted by Crippen LogP contribution is -2.05. The van der Waals surface area contributed by atoms with Gasteiger partial charge in [-0.3, -0.25) is 0 Å².